The first-order valence-electron chi connectivity index (χ1n) is 15.7. The lowest BCUT2D eigenvalue weighted by molar-refractivity contribution is -0.392. The number of imide groups is 2. The molecular weight excluding hydrogens is 634 g/mol. The van der Waals surface area contributed by atoms with Gasteiger partial charge in [0.15, 0.2) is 5.69 Å². The summed E-state index contributed by atoms with van der Waals surface area (Å²) in [6.45, 7) is 1.75. The van der Waals surface area contributed by atoms with Crippen LogP contribution < -0.4 is 14.7 Å². The second-order valence-electron chi connectivity index (χ2n) is 13.3. The molecule has 4 aliphatic rings. The zero-order valence-corrected chi connectivity index (χ0v) is 26.7. The third-order valence-electron chi connectivity index (χ3n) is 10.7. The molecule has 2 heterocycles. The molecule has 1 N–H and O–H groups in total. The number of amides is 4. The van der Waals surface area contributed by atoms with E-state index in [9.17, 15) is 44.5 Å². The zero-order valence-electron chi connectivity index (χ0n) is 26.7. The van der Waals surface area contributed by atoms with Gasteiger partial charge in [-0.1, -0.05) is 42.0 Å². The van der Waals surface area contributed by atoms with Crippen molar-refractivity contribution in [3.8, 4) is 5.75 Å². The van der Waals surface area contributed by atoms with Crippen molar-refractivity contribution < 1.29 is 34.1 Å². The summed E-state index contributed by atoms with van der Waals surface area (Å²) in [5, 5.41) is 34.2. The Balaban J connectivity index is 1.35. The van der Waals surface area contributed by atoms with E-state index < -0.39 is 79.9 Å². The van der Waals surface area contributed by atoms with E-state index >= 15 is 0 Å². The van der Waals surface area contributed by atoms with Crippen LogP contribution in [-0.2, 0) is 19.2 Å². The van der Waals surface area contributed by atoms with Crippen molar-refractivity contribution in [3.05, 3.63) is 104 Å². The molecule has 6 atom stereocenters. The predicted octanol–water partition coefficient (Wildman–Crippen LogP) is 4.71. The van der Waals surface area contributed by atoms with E-state index in [-0.39, 0.29) is 30.0 Å². The van der Waals surface area contributed by atoms with Gasteiger partial charge in [-0.15, -0.1) is 0 Å². The molecule has 0 radical (unpaired) electrons. The molecule has 0 spiro atoms. The summed E-state index contributed by atoms with van der Waals surface area (Å²) in [6.07, 6.45) is 2.04. The van der Waals surface area contributed by atoms with E-state index in [1.165, 1.54) is 36.0 Å². The maximum Gasteiger partial charge on any atom is 0.301 e. The Morgan fingerprint density at radius 2 is 1.43 bits per heavy atom. The summed E-state index contributed by atoms with van der Waals surface area (Å²) < 4.78 is 0. The number of nitro groups is 2. The monoisotopic (exact) mass is 665 g/mol. The number of aromatic hydroxyl groups is 1. The van der Waals surface area contributed by atoms with E-state index in [4.69, 9.17) is 0 Å². The number of rotatable bonds is 6. The summed E-state index contributed by atoms with van der Waals surface area (Å²) in [7, 11) is 2.83. The van der Waals surface area contributed by atoms with E-state index in [1.807, 2.05) is 6.08 Å². The number of allylic oxidation sites excluding steroid dienone is 2. The van der Waals surface area contributed by atoms with E-state index in [0.29, 0.717) is 16.8 Å². The van der Waals surface area contributed by atoms with Crippen LogP contribution in [0, 0.1) is 49.3 Å². The minimum Gasteiger partial charge on any atom is -0.508 e. The number of nitro benzene ring substituents is 2. The summed E-state index contributed by atoms with van der Waals surface area (Å²) in [6, 6.07) is 16.9. The molecule has 0 bridgehead atoms. The van der Waals surface area contributed by atoms with Crippen molar-refractivity contribution >= 4 is 52.1 Å². The zero-order chi connectivity index (χ0) is 35.1. The maximum absolute atomic E-state index is 14.4. The smallest absolute Gasteiger partial charge is 0.301 e. The fourth-order valence-corrected chi connectivity index (χ4v) is 8.60. The number of anilines is 3. The molecule has 4 amide bonds. The molecule has 1 saturated carbocycles. The van der Waals surface area contributed by atoms with Gasteiger partial charge in [0, 0.05) is 32.1 Å². The van der Waals surface area contributed by atoms with E-state index in [2.05, 4.69) is 0 Å². The molecule has 250 valence electrons. The maximum atomic E-state index is 14.4. The van der Waals surface area contributed by atoms with Crippen molar-refractivity contribution in [2.75, 3.05) is 28.8 Å². The molecule has 0 unspecified atom stereocenters. The lowest BCUT2D eigenvalue weighted by atomic mass is 9.51. The van der Waals surface area contributed by atoms with Crippen LogP contribution >= 0.6 is 0 Å². The molecule has 3 aromatic rings. The van der Waals surface area contributed by atoms with Gasteiger partial charge < -0.3 is 10.0 Å². The molecule has 2 aliphatic heterocycles. The number of phenolic OH excluding ortho intramolecular Hbond substituents is 1. The van der Waals surface area contributed by atoms with E-state index in [1.54, 1.807) is 49.4 Å². The van der Waals surface area contributed by atoms with Gasteiger partial charge in [0.05, 0.1) is 44.4 Å². The molecule has 2 saturated heterocycles. The Morgan fingerprint density at radius 3 is 2.00 bits per heavy atom. The van der Waals surface area contributed by atoms with Crippen molar-refractivity contribution in [1.29, 1.82) is 0 Å². The van der Waals surface area contributed by atoms with Crippen LogP contribution in [0.15, 0.2) is 78.4 Å². The van der Waals surface area contributed by atoms with Crippen LogP contribution in [0.1, 0.15) is 31.2 Å². The molecule has 3 aromatic carbocycles. The topological polar surface area (TPSA) is 185 Å². The average molecular weight is 666 g/mol. The summed E-state index contributed by atoms with van der Waals surface area (Å²) in [5.41, 5.74) is -1.34. The second-order valence-corrected chi connectivity index (χ2v) is 13.3. The van der Waals surface area contributed by atoms with Gasteiger partial charge in [-0.2, -0.15) is 0 Å². The van der Waals surface area contributed by atoms with Gasteiger partial charge in [-0.25, -0.2) is 9.80 Å². The number of benzene rings is 3. The SMILES string of the molecule is CN(C)c1c([N+](=O)[O-])cc(N2C(=O)[C@H]3[C@H](CC=C4[C@H]3C[C@H]3C(=O)N(c5ccccc5)C(=O)[C@@]3(C)[C@H]4c3ccc(O)cc3)C2=O)cc1[N+](=O)[O-]. The number of carbonyl (C=O) groups is 4. The Kier molecular flexibility index (Phi) is 7.16. The number of nitrogens with zero attached hydrogens (tertiary/aromatic N) is 5. The molecule has 3 fully saturated rings. The number of carbonyl (C=O) groups excluding carboxylic acids is 4. The third-order valence-corrected chi connectivity index (χ3v) is 10.7. The number of phenols is 1. The number of fused-ring (bicyclic) bond motifs is 4. The fraction of sp³-hybridized carbons (Fsp3) is 0.314. The highest BCUT2D eigenvalue weighted by Gasteiger charge is 2.67. The quantitative estimate of drug-likeness (QED) is 0.167. The van der Waals surface area contributed by atoms with Crippen LogP contribution in [0.4, 0.5) is 28.4 Å². The van der Waals surface area contributed by atoms with Gasteiger partial charge in [0.2, 0.25) is 23.6 Å². The summed E-state index contributed by atoms with van der Waals surface area (Å²) >= 11 is 0. The fourth-order valence-electron chi connectivity index (χ4n) is 8.60. The molecule has 14 nitrogen and oxygen atoms in total. The van der Waals surface area contributed by atoms with Gasteiger partial charge in [0.25, 0.3) is 0 Å². The van der Waals surface area contributed by atoms with Gasteiger partial charge >= 0.3 is 11.4 Å². The average Bonchev–Trinajstić information content (AvgIpc) is 3.44. The standard InChI is InChI=1S/C35H31N5O9/c1-35-25(32(43)38(34(35)45)19-7-5-4-6-8-19)17-24-22(29(35)18-9-11-21(41)12-10-18)13-14-23-28(24)33(44)37(31(23)42)20-15-26(39(46)47)30(36(2)3)27(16-20)40(48)49/h4-13,15-16,23-25,28-29,41H,14,17H2,1-3H3/t23-,24+,25-,28-,29-,35+/m0/s1. The van der Waals surface area contributed by atoms with Crippen molar-refractivity contribution in [2.24, 2.45) is 29.1 Å². The highest BCUT2D eigenvalue weighted by atomic mass is 16.6. The van der Waals surface area contributed by atoms with Gasteiger partial charge in [-0.05, 0) is 55.5 Å². The summed E-state index contributed by atoms with van der Waals surface area (Å²) in [4.78, 5) is 82.8. The van der Waals surface area contributed by atoms with Crippen LogP contribution in [0.3, 0.4) is 0 Å². The van der Waals surface area contributed by atoms with Crippen molar-refractivity contribution in [1.82, 2.24) is 0 Å². The predicted molar refractivity (Wildman–Crippen MR) is 176 cm³/mol. The van der Waals surface area contributed by atoms with Crippen molar-refractivity contribution in [2.45, 2.75) is 25.7 Å². The first kappa shape index (κ1) is 31.7. The molecule has 2 aliphatic carbocycles. The third kappa shape index (κ3) is 4.46. The Bertz CT molecular complexity index is 1980. The normalized spacial score (nSPS) is 27.4. The Morgan fingerprint density at radius 1 is 0.816 bits per heavy atom. The highest BCUT2D eigenvalue weighted by Crippen LogP contribution is 2.64. The number of para-hydroxylation sites is 1. The Hall–Kier alpha value is -5.92. The molecule has 14 heteroatoms. The van der Waals surface area contributed by atoms with Crippen LogP contribution in [0.2, 0.25) is 0 Å². The second kappa shape index (κ2) is 11.1. The lowest BCUT2D eigenvalue weighted by Gasteiger charge is -2.49. The van der Waals surface area contributed by atoms with Crippen molar-refractivity contribution in [3.63, 3.8) is 0 Å². The molecule has 0 aromatic heterocycles. The van der Waals surface area contributed by atoms with E-state index in [0.717, 1.165) is 17.0 Å². The van der Waals surface area contributed by atoms with Crippen LogP contribution in [0.5, 0.6) is 5.75 Å². The molecular formula is C35H31N5O9. The summed E-state index contributed by atoms with van der Waals surface area (Å²) in [5.74, 6) is -6.28. The number of hydrogen-bond acceptors (Lipinski definition) is 10. The first-order chi connectivity index (χ1) is 23.3. The molecule has 7 rings (SSSR count). The number of hydrogen-bond donors (Lipinski definition) is 1. The highest BCUT2D eigenvalue weighted by molar-refractivity contribution is 6.25. The largest absolute Gasteiger partial charge is 0.508 e. The van der Waals surface area contributed by atoms with Gasteiger partial charge in [0.1, 0.15) is 5.75 Å². The van der Waals surface area contributed by atoms with Crippen LogP contribution in [-0.4, -0.2) is 52.7 Å². The minimum absolute atomic E-state index is 0.00548. The minimum atomic E-state index is -1.27. The Labute approximate surface area is 279 Å². The van der Waals surface area contributed by atoms with Gasteiger partial charge in [-0.3, -0.25) is 39.4 Å². The van der Waals surface area contributed by atoms with Crippen LogP contribution in [0.25, 0.3) is 0 Å². The lowest BCUT2D eigenvalue weighted by Crippen LogP contribution is -2.48. The first-order valence-corrected chi connectivity index (χ1v) is 15.7. The molecule has 49 heavy (non-hydrogen) atoms.